The maximum Gasteiger partial charge on any atom is 0.220 e. The van der Waals surface area contributed by atoms with Crippen LogP contribution in [0.5, 0.6) is 0 Å². The van der Waals surface area contributed by atoms with E-state index in [1.807, 2.05) is 0 Å². The molecule has 2 fully saturated rings. The van der Waals surface area contributed by atoms with Crippen LogP contribution in [0.3, 0.4) is 0 Å². The van der Waals surface area contributed by atoms with Gasteiger partial charge in [0.05, 0.1) is 25.8 Å². The van der Waals surface area contributed by atoms with E-state index in [1.165, 1.54) is 4.88 Å². The predicted octanol–water partition coefficient (Wildman–Crippen LogP) is 1.74. The third-order valence-electron chi connectivity index (χ3n) is 4.94. The van der Waals surface area contributed by atoms with Crippen molar-refractivity contribution in [3.63, 3.8) is 0 Å². The SMILES string of the molecule is CCNC(=NCC(c1cccs1)N1CCOCC1)NCCCC(=O)NC1CC1. The summed E-state index contributed by atoms with van der Waals surface area (Å²) in [6.07, 6.45) is 3.64. The Kier molecular flexibility index (Phi) is 8.57. The molecule has 1 saturated heterocycles. The number of carbonyl (C=O) groups excluding carboxylic acids is 1. The summed E-state index contributed by atoms with van der Waals surface area (Å²) >= 11 is 1.79. The van der Waals surface area contributed by atoms with Gasteiger partial charge >= 0.3 is 0 Å². The Bertz CT molecular complexity index is 612. The molecule has 3 N–H and O–H groups in total. The molecule has 0 aromatic carbocycles. The fraction of sp³-hybridized carbons (Fsp3) is 0.700. The highest BCUT2D eigenvalue weighted by Gasteiger charge is 2.24. The second-order valence-corrected chi connectivity index (χ2v) is 8.25. The number of thiophene rings is 1. The number of hydrogen-bond acceptors (Lipinski definition) is 5. The van der Waals surface area contributed by atoms with Crippen molar-refractivity contribution >= 4 is 23.2 Å². The second kappa shape index (κ2) is 11.4. The van der Waals surface area contributed by atoms with E-state index in [9.17, 15) is 4.79 Å². The summed E-state index contributed by atoms with van der Waals surface area (Å²) in [7, 11) is 0. The number of amides is 1. The van der Waals surface area contributed by atoms with E-state index in [1.54, 1.807) is 11.3 Å². The first-order valence-corrected chi connectivity index (χ1v) is 11.3. The lowest BCUT2D eigenvalue weighted by Crippen LogP contribution is -2.41. The average molecular weight is 408 g/mol. The van der Waals surface area contributed by atoms with Gasteiger partial charge in [-0.1, -0.05) is 6.07 Å². The molecule has 1 aromatic heterocycles. The first-order valence-electron chi connectivity index (χ1n) is 10.4. The summed E-state index contributed by atoms with van der Waals surface area (Å²) in [5.74, 6) is 0.983. The van der Waals surface area contributed by atoms with Crippen molar-refractivity contribution in [2.75, 3.05) is 45.9 Å². The highest BCUT2D eigenvalue weighted by molar-refractivity contribution is 7.10. The molecule has 7 nitrogen and oxygen atoms in total. The first-order chi connectivity index (χ1) is 13.8. The molecule has 156 valence electrons. The number of hydrogen-bond donors (Lipinski definition) is 3. The molecule has 2 aliphatic rings. The molecule has 0 bridgehead atoms. The number of morpholine rings is 1. The van der Waals surface area contributed by atoms with Crippen molar-refractivity contribution in [2.24, 2.45) is 4.99 Å². The minimum atomic E-state index is 0.163. The minimum Gasteiger partial charge on any atom is -0.379 e. The van der Waals surface area contributed by atoms with E-state index in [-0.39, 0.29) is 11.9 Å². The van der Waals surface area contributed by atoms with E-state index in [0.717, 1.165) is 64.6 Å². The van der Waals surface area contributed by atoms with Crippen LogP contribution >= 0.6 is 11.3 Å². The van der Waals surface area contributed by atoms with Crippen molar-refractivity contribution < 1.29 is 9.53 Å². The maximum atomic E-state index is 11.8. The second-order valence-electron chi connectivity index (χ2n) is 7.27. The van der Waals surface area contributed by atoms with Crippen molar-refractivity contribution in [3.8, 4) is 0 Å². The van der Waals surface area contributed by atoms with Crippen LogP contribution in [0.2, 0.25) is 0 Å². The van der Waals surface area contributed by atoms with Crippen molar-refractivity contribution in [1.82, 2.24) is 20.9 Å². The quantitative estimate of drug-likeness (QED) is 0.313. The number of rotatable bonds is 10. The summed E-state index contributed by atoms with van der Waals surface area (Å²) in [4.78, 5) is 20.4. The van der Waals surface area contributed by atoms with E-state index in [4.69, 9.17) is 9.73 Å². The monoisotopic (exact) mass is 407 g/mol. The van der Waals surface area contributed by atoms with Gasteiger partial charge in [-0.3, -0.25) is 14.7 Å². The Balaban J connectivity index is 1.49. The highest BCUT2D eigenvalue weighted by atomic mass is 32.1. The number of ether oxygens (including phenoxy) is 1. The van der Waals surface area contributed by atoms with Crippen molar-refractivity contribution in [2.45, 2.75) is 44.7 Å². The lowest BCUT2D eigenvalue weighted by molar-refractivity contribution is -0.121. The van der Waals surface area contributed by atoms with Crippen molar-refractivity contribution in [3.05, 3.63) is 22.4 Å². The van der Waals surface area contributed by atoms with Gasteiger partial charge in [0.25, 0.3) is 0 Å². The Morgan fingerprint density at radius 3 is 2.86 bits per heavy atom. The Morgan fingerprint density at radius 1 is 1.36 bits per heavy atom. The largest absolute Gasteiger partial charge is 0.379 e. The number of nitrogens with zero attached hydrogens (tertiary/aromatic N) is 2. The fourth-order valence-corrected chi connectivity index (χ4v) is 4.11. The van der Waals surface area contributed by atoms with Crippen LogP contribution in [0.25, 0.3) is 0 Å². The third kappa shape index (κ3) is 7.07. The van der Waals surface area contributed by atoms with Crippen LogP contribution in [-0.4, -0.2) is 68.7 Å². The van der Waals surface area contributed by atoms with Gasteiger partial charge in [0, 0.05) is 43.5 Å². The summed E-state index contributed by atoms with van der Waals surface area (Å²) in [6.45, 7) is 7.79. The van der Waals surface area contributed by atoms with Gasteiger partial charge in [-0.05, 0) is 37.6 Å². The van der Waals surface area contributed by atoms with E-state index >= 15 is 0 Å². The molecular formula is C20H33N5O2S. The van der Waals surface area contributed by atoms with Crippen LogP contribution in [0.4, 0.5) is 0 Å². The Morgan fingerprint density at radius 2 is 2.18 bits per heavy atom. The zero-order valence-corrected chi connectivity index (χ0v) is 17.6. The third-order valence-corrected chi connectivity index (χ3v) is 5.91. The average Bonchev–Trinajstić information content (AvgIpc) is 3.35. The smallest absolute Gasteiger partial charge is 0.220 e. The van der Waals surface area contributed by atoms with Crippen LogP contribution in [0, 0.1) is 0 Å². The molecule has 2 heterocycles. The zero-order chi connectivity index (χ0) is 19.6. The molecule has 1 atom stereocenters. The zero-order valence-electron chi connectivity index (χ0n) is 16.8. The molecule has 8 heteroatoms. The van der Waals surface area contributed by atoms with Gasteiger partial charge < -0.3 is 20.7 Å². The molecule has 1 aliphatic heterocycles. The summed E-state index contributed by atoms with van der Waals surface area (Å²) in [6, 6.07) is 5.02. The van der Waals surface area contributed by atoms with E-state index in [0.29, 0.717) is 19.0 Å². The van der Waals surface area contributed by atoms with Crippen LogP contribution in [0.1, 0.15) is 43.5 Å². The van der Waals surface area contributed by atoms with Gasteiger partial charge in [-0.15, -0.1) is 11.3 Å². The molecule has 1 unspecified atom stereocenters. The number of carbonyl (C=O) groups is 1. The fourth-order valence-electron chi connectivity index (χ4n) is 3.26. The standard InChI is InChI=1S/C20H33N5O2S/c1-2-21-20(22-9-3-6-19(26)24-16-7-8-16)23-15-17(18-5-4-14-28-18)25-10-12-27-13-11-25/h4-5,14,16-17H,2-3,6-13,15H2,1H3,(H,24,26)(H2,21,22,23). The summed E-state index contributed by atoms with van der Waals surface area (Å²) in [5, 5.41) is 11.8. The van der Waals surface area contributed by atoms with Gasteiger partial charge in [-0.2, -0.15) is 0 Å². The summed E-state index contributed by atoms with van der Waals surface area (Å²) < 4.78 is 5.51. The van der Waals surface area contributed by atoms with Crippen molar-refractivity contribution in [1.29, 1.82) is 0 Å². The molecule has 3 rings (SSSR count). The van der Waals surface area contributed by atoms with Crippen LogP contribution in [-0.2, 0) is 9.53 Å². The van der Waals surface area contributed by atoms with Gasteiger partial charge in [0.1, 0.15) is 0 Å². The number of nitrogens with one attached hydrogen (secondary N) is 3. The molecular weight excluding hydrogens is 374 g/mol. The van der Waals surface area contributed by atoms with E-state index in [2.05, 4.69) is 45.3 Å². The maximum absolute atomic E-state index is 11.8. The first kappa shape index (κ1) is 21.1. The predicted molar refractivity (Wildman–Crippen MR) is 114 cm³/mol. The van der Waals surface area contributed by atoms with Gasteiger partial charge in [0.2, 0.25) is 5.91 Å². The van der Waals surface area contributed by atoms with Gasteiger partial charge in [0.15, 0.2) is 5.96 Å². The topological polar surface area (TPSA) is 78.0 Å². The summed E-state index contributed by atoms with van der Waals surface area (Å²) in [5.41, 5.74) is 0. The Labute approximate surface area is 171 Å². The molecule has 0 spiro atoms. The molecule has 1 amide bonds. The molecule has 28 heavy (non-hydrogen) atoms. The lowest BCUT2D eigenvalue weighted by Gasteiger charge is -2.33. The van der Waals surface area contributed by atoms with Gasteiger partial charge in [-0.25, -0.2) is 0 Å². The molecule has 1 aliphatic carbocycles. The lowest BCUT2D eigenvalue weighted by atomic mass is 10.2. The minimum absolute atomic E-state index is 0.163. The Hall–Kier alpha value is -1.64. The van der Waals surface area contributed by atoms with E-state index < -0.39 is 0 Å². The molecule has 1 saturated carbocycles. The molecule has 1 aromatic rings. The normalized spacial score (nSPS) is 19.2. The number of guanidine groups is 1. The molecule has 0 radical (unpaired) electrons. The van der Waals surface area contributed by atoms with Crippen LogP contribution < -0.4 is 16.0 Å². The number of aliphatic imine (C=N–C) groups is 1. The highest BCUT2D eigenvalue weighted by Crippen LogP contribution is 2.26. The van der Waals surface area contributed by atoms with Crippen LogP contribution in [0.15, 0.2) is 22.5 Å².